The molecule has 0 saturated carbocycles. The number of benzene rings is 1. The Labute approximate surface area is 161 Å². The Bertz CT molecular complexity index is 1110. The second-order valence-corrected chi connectivity index (χ2v) is 7.52. The molecule has 0 saturated heterocycles. The number of pyridine rings is 1. The van der Waals surface area contributed by atoms with Crippen LogP contribution in [0.25, 0.3) is 21.5 Å². The molecule has 5 nitrogen and oxygen atoms in total. The highest BCUT2D eigenvalue weighted by Crippen LogP contribution is 2.28. The molecule has 0 atom stereocenters. The van der Waals surface area contributed by atoms with Crippen LogP contribution >= 0.6 is 11.3 Å². The van der Waals surface area contributed by atoms with Gasteiger partial charge in [-0.1, -0.05) is 12.1 Å². The van der Waals surface area contributed by atoms with E-state index in [0.29, 0.717) is 6.42 Å². The zero-order valence-electron chi connectivity index (χ0n) is 15.1. The van der Waals surface area contributed by atoms with Crippen LogP contribution in [-0.2, 0) is 6.42 Å². The summed E-state index contributed by atoms with van der Waals surface area (Å²) in [6, 6.07) is 15.8. The molecule has 0 fully saturated rings. The van der Waals surface area contributed by atoms with E-state index in [1.807, 2.05) is 30.3 Å². The number of nitrogens with zero attached hydrogens (tertiary/aromatic N) is 4. The summed E-state index contributed by atoms with van der Waals surface area (Å²) in [5, 5.41) is 1.07. The van der Waals surface area contributed by atoms with E-state index in [2.05, 4.69) is 33.2 Å². The lowest BCUT2D eigenvalue weighted by Crippen LogP contribution is -2.20. The summed E-state index contributed by atoms with van der Waals surface area (Å²) >= 11 is 1.52. The van der Waals surface area contributed by atoms with Crippen molar-refractivity contribution >= 4 is 27.3 Å². The molecule has 0 aliphatic carbocycles. The van der Waals surface area contributed by atoms with Crippen molar-refractivity contribution in [1.29, 1.82) is 0 Å². The number of aromatic nitrogens is 3. The van der Waals surface area contributed by atoms with Gasteiger partial charge in [-0.3, -0.25) is 9.78 Å². The van der Waals surface area contributed by atoms with Crippen molar-refractivity contribution < 1.29 is 4.79 Å². The van der Waals surface area contributed by atoms with E-state index in [0.717, 1.165) is 37.7 Å². The van der Waals surface area contributed by atoms with Gasteiger partial charge >= 0.3 is 0 Å². The highest BCUT2D eigenvalue weighted by molar-refractivity contribution is 7.20. The van der Waals surface area contributed by atoms with Gasteiger partial charge in [0.15, 0.2) is 0 Å². The Balaban J connectivity index is 1.61. The summed E-state index contributed by atoms with van der Waals surface area (Å²) in [6.07, 6.45) is 4.15. The highest BCUT2D eigenvalue weighted by atomic mass is 32.1. The maximum Gasteiger partial charge on any atom is 0.263 e. The van der Waals surface area contributed by atoms with Gasteiger partial charge in [0.1, 0.15) is 5.82 Å². The van der Waals surface area contributed by atoms with Crippen LogP contribution in [0.4, 0.5) is 0 Å². The third-order valence-electron chi connectivity index (χ3n) is 4.19. The molecular formula is C21H18N4OS. The monoisotopic (exact) mass is 374 g/mol. The Morgan fingerprint density at radius 2 is 1.89 bits per heavy atom. The van der Waals surface area contributed by atoms with E-state index in [1.54, 1.807) is 31.4 Å². The molecule has 1 aromatic carbocycles. The summed E-state index contributed by atoms with van der Waals surface area (Å²) in [5.41, 5.74) is 2.76. The second-order valence-electron chi connectivity index (χ2n) is 6.43. The van der Waals surface area contributed by atoms with Crippen LogP contribution in [0.1, 0.15) is 21.1 Å². The molecule has 1 amide bonds. The highest BCUT2D eigenvalue weighted by Gasteiger charge is 2.12. The number of thiophene rings is 1. The van der Waals surface area contributed by atoms with Gasteiger partial charge in [0.25, 0.3) is 5.91 Å². The average molecular weight is 374 g/mol. The first-order valence-electron chi connectivity index (χ1n) is 8.57. The van der Waals surface area contributed by atoms with Gasteiger partial charge in [0, 0.05) is 37.6 Å². The molecule has 0 aliphatic rings. The molecule has 0 bridgehead atoms. The summed E-state index contributed by atoms with van der Waals surface area (Å²) in [4.78, 5) is 27.9. The molecule has 4 rings (SSSR count). The number of hydrogen-bond donors (Lipinski definition) is 0. The number of carbonyl (C=O) groups excluding carboxylic acids is 1. The van der Waals surface area contributed by atoms with Crippen LogP contribution in [-0.4, -0.2) is 39.9 Å². The lowest BCUT2D eigenvalue weighted by atomic mass is 10.1. The molecule has 134 valence electrons. The normalized spacial score (nSPS) is 10.9. The summed E-state index contributed by atoms with van der Waals surface area (Å²) in [5.74, 6) is 0.779. The molecule has 3 heterocycles. The SMILES string of the molecule is CN(C)C(=O)c1cc2cc(Cc3nccc(-c4ccccn4)n3)ccc2s1. The van der Waals surface area contributed by atoms with Gasteiger partial charge in [-0.25, -0.2) is 9.97 Å². The zero-order valence-corrected chi connectivity index (χ0v) is 15.9. The van der Waals surface area contributed by atoms with E-state index < -0.39 is 0 Å². The fourth-order valence-electron chi connectivity index (χ4n) is 2.85. The van der Waals surface area contributed by atoms with Crippen molar-refractivity contribution in [1.82, 2.24) is 19.9 Å². The Morgan fingerprint density at radius 1 is 1.00 bits per heavy atom. The van der Waals surface area contributed by atoms with Crippen molar-refractivity contribution in [3.63, 3.8) is 0 Å². The second kappa shape index (κ2) is 7.25. The third kappa shape index (κ3) is 3.71. The fourth-order valence-corrected chi connectivity index (χ4v) is 3.92. The Morgan fingerprint density at radius 3 is 2.67 bits per heavy atom. The number of rotatable bonds is 4. The van der Waals surface area contributed by atoms with Crippen molar-refractivity contribution in [3.05, 3.63) is 77.2 Å². The lowest BCUT2D eigenvalue weighted by Gasteiger charge is -2.06. The summed E-state index contributed by atoms with van der Waals surface area (Å²) < 4.78 is 1.10. The van der Waals surface area contributed by atoms with E-state index in [9.17, 15) is 4.79 Å². The topological polar surface area (TPSA) is 59.0 Å². The minimum absolute atomic E-state index is 0.0316. The molecule has 6 heteroatoms. The smallest absolute Gasteiger partial charge is 0.263 e. The zero-order chi connectivity index (χ0) is 18.8. The van der Waals surface area contributed by atoms with Crippen LogP contribution in [0.15, 0.2) is 60.9 Å². The van der Waals surface area contributed by atoms with Crippen LogP contribution in [0.3, 0.4) is 0 Å². The molecule has 3 aromatic heterocycles. The van der Waals surface area contributed by atoms with Gasteiger partial charge in [0.05, 0.1) is 16.3 Å². The van der Waals surface area contributed by atoms with Gasteiger partial charge in [-0.05, 0) is 47.3 Å². The van der Waals surface area contributed by atoms with Crippen LogP contribution in [0.2, 0.25) is 0 Å². The van der Waals surface area contributed by atoms with Gasteiger partial charge < -0.3 is 4.90 Å². The van der Waals surface area contributed by atoms with Crippen molar-refractivity contribution in [2.24, 2.45) is 0 Å². The molecule has 0 aliphatic heterocycles. The lowest BCUT2D eigenvalue weighted by molar-refractivity contribution is 0.0832. The predicted molar refractivity (Wildman–Crippen MR) is 108 cm³/mol. The molecule has 27 heavy (non-hydrogen) atoms. The number of hydrogen-bond acceptors (Lipinski definition) is 5. The summed E-state index contributed by atoms with van der Waals surface area (Å²) in [6.45, 7) is 0. The van der Waals surface area contributed by atoms with E-state index in [-0.39, 0.29) is 5.91 Å². The predicted octanol–water partition coefficient (Wildman–Crippen LogP) is 4.05. The van der Waals surface area contributed by atoms with E-state index >= 15 is 0 Å². The third-order valence-corrected chi connectivity index (χ3v) is 5.30. The van der Waals surface area contributed by atoms with Crippen LogP contribution in [0, 0.1) is 0 Å². The van der Waals surface area contributed by atoms with Crippen molar-refractivity contribution in [3.8, 4) is 11.4 Å². The molecule has 0 radical (unpaired) electrons. The Kier molecular flexibility index (Phi) is 4.64. The minimum atomic E-state index is 0.0316. The van der Waals surface area contributed by atoms with Crippen LogP contribution in [0.5, 0.6) is 0 Å². The van der Waals surface area contributed by atoms with Gasteiger partial charge in [-0.15, -0.1) is 11.3 Å². The average Bonchev–Trinajstić information content (AvgIpc) is 3.11. The maximum absolute atomic E-state index is 12.2. The number of fused-ring (bicyclic) bond motifs is 1. The fraction of sp³-hybridized carbons (Fsp3) is 0.143. The Hall–Kier alpha value is -3.12. The first kappa shape index (κ1) is 17.3. The minimum Gasteiger partial charge on any atom is -0.344 e. The van der Waals surface area contributed by atoms with Gasteiger partial charge in [0.2, 0.25) is 0 Å². The van der Waals surface area contributed by atoms with E-state index in [4.69, 9.17) is 0 Å². The number of carbonyl (C=O) groups is 1. The van der Waals surface area contributed by atoms with Crippen LogP contribution < -0.4 is 0 Å². The van der Waals surface area contributed by atoms with Crippen molar-refractivity contribution in [2.45, 2.75) is 6.42 Å². The van der Waals surface area contributed by atoms with Crippen molar-refractivity contribution in [2.75, 3.05) is 14.1 Å². The first-order valence-corrected chi connectivity index (χ1v) is 9.39. The largest absolute Gasteiger partial charge is 0.344 e. The molecular weight excluding hydrogens is 356 g/mol. The molecule has 0 unspecified atom stereocenters. The number of amides is 1. The molecule has 0 N–H and O–H groups in total. The summed E-state index contributed by atoms with van der Waals surface area (Å²) in [7, 11) is 3.54. The standard InChI is InChI=1S/C21H18N4OS/c1-25(2)21(26)19-13-15-11-14(6-7-18(15)27-19)12-20-23-10-8-17(24-20)16-5-3-4-9-22-16/h3-11,13H,12H2,1-2H3. The molecule has 0 spiro atoms. The van der Waals surface area contributed by atoms with Gasteiger partial charge in [-0.2, -0.15) is 0 Å². The first-order chi connectivity index (χ1) is 13.1. The quantitative estimate of drug-likeness (QED) is 0.541. The maximum atomic E-state index is 12.2. The van der Waals surface area contributed by atoms with E-state index in [1.165, 1.54) is 11.3 Å². The molecule has 4 aromatic rings.